The lowest BCUT2D eigenvalue weighted by atomic mass is 10.2. The Balaban J connectivity index is 1.67. The predicted octanol–water partition coefficient (Wildman–Crippen LogP) is 3.17. The fourth-order valence-corrected chi connectivity index (χ4v) is 2.47. The quantitative estimate of drug-likeness (QED) is 0.882. The summed E-state index contributed by atoms with van der Waals surface area (Å²) in [5.41, 5.74) is 0.690. The minimum atomic E-state index is -0.171. The molecule has 20 heavy (non-hydrogen) atoms. The molecule has 102 valence electrons. The molecule has 1 aromatic carbocycles. The zero-order chi connectivity index (χ0) is 13.8. The van der Waals surface area contributed by atoms with Crippen LogP contribution in [0, 0.1) is 0 Å². The average Bonchev–Trinajstić information content (AvgIpc) is 2.98. The van der Waals surface area contributed by atoms with E-state index in [9.17, 15) is 4.79 Å². The van der Waals surface area contributed by atoms with Gasteiger partial charge in [0.15, 0.2) is 11.5 Å². The van der Waals surface area contributed by atoms with E-state index in [4.69, 9.17) is 9.47 Å². The van der Waals surface area contributed by atoms with Crippen LogP contribution in [-0.4, -0.2) is 19.1 Å². The van der Waals surface area contributed by atoms with Crippen molar-refractivity contribution in [3.05, 3.63) is 46.7 Å². The SMILES string of the molecule is O=C(C=Cc1cccs1)Nc1ccc2c(c1)OCCO2. The number of nitrogens with one attached hydrogen (secondary N) is 1. The lowest BCUT2D eigenvalue weighted by Gasteiger charge is -2.18. The van der Waals surface area contributed by atoms with Crippen LogP contribution in [0.1, 0.15) is 4.88 Å². The first-order valence-corrected chi connectivity index (χ1v) is 7.11. The number of fused-ring (bicyclic) bond motifs is 1. The number of amides is 1. The molecule has 1 aliphatic rings. The molecule has 1 N–H and O–H groups in total. The third kappa shape index (κ3) is 3.00. The molecule has 1 aromatic heterocycles. The molecular formula is C15H13NO3S. The molecule has 0 saturated heterocycles. The van der Waals surface area contributed by atoms with Crippen molar-refractivity contribution in [2.45, 2.75) is 0 Å². The van der Waals surface area contributed by atoms with Crippen LogP contribution < -0.4 is 14.8 Å². The predicted molar refractivity (Wildman–Crippen MR) is 79.4 cm³/mol. The van der Waals surface area contributed by atoms with Gasteiger partial charge in [0, 0.05) is 22.7 Å². The van der Waals surface area contributed by atoms with Gasteiger partial charge in [-0.25, -0.2) is 0 Å². The van der Waals surface area contributed by atoms with E-state index in [0.717, 1.165) is 4.88 Å². The number of anilines is 1. The van der Waals surface area contributed by atoms with Gasteiger partial charge in [0.05, 0.1) is 0 Å². The number of rotatable bonds is 3. The third-order valence-corrected chi connectivity index (χ3v) is 3.59. The van der Waals surface area contributed by atoms with Gasteiger partial charge in [-0.15, -0.1) is 11.3 Å². The maximum Gasteiger partial charge on any atom is 0.248 e. The molecule has 0 bridgehead atoms. The van der Waals surface area contributed by atoms with Gasteiger partial charge in [-0.1, -0.05) is 6.07 Å². The van der Waals surface area contributed by atoms with E-state index in [0.29, 0.717) is 30.4 Å². The summed E-state index contributed by atoms with van der Waals surface area (Å²) < 4.78 is 10.9. The largest absolute Gasteiger partial charge is 0.486 e. The number of benzene rings is 1. The molecule has 0 fully saturated rings. The van der Waals surface area contributed by atoms with Crippen molar-refractivity contribution in [2.24, 2.45) is 0 Å². The zero-order valence-corrected chi connectivity index (χ0v) is 11.5. The van der Waals surface area contributed by atoms with Crippen molar-refractivity contribution in [1.82, 2.24) is 0 Å². The van der Waals surface area contributed by atoms with Gasteiger partial charge in [0.25, 0.3) is 0 Å². The normalized spacial score (nSPS) is 13.4. The molecule has 0 atom stereocenters. The maximum atomic E-state index is 11.8. The van der Waals surface area contributed by atoms with Crippen molar-refractivity contribution in [2.75, 3.05) is 18.5 Å². The first-order valence-electron chi connectivity index (χ1n) is 6.23. The van der Waals surface area contributed by atoms with Gasteiger partial charge < -0.3 is 14.8 Å². The van der Waals surface area contributed by atoms with E-state index in [1.165, 1.54) is 6.08 Å². The summed E-state index contributed by atoms with van der Waals surface area (Å²) in [7, 11) is 0. The summed E-state index contributed by atoms with van der Waals surface area (Å²) >= 11 is 1.59. The zero-order valence-electron chi connectivity index (χ0n) is 10.7. The first-order chi connectivity index (χ1) is 9.81. The molecule has 1 amide bonds. The topological polar surface area (TPSA) is 47.6 Å². The second-order valence-corrected chi connectivity index (χ2v) is 5.18. The van der Waals surface area contributed by atoms with Crippen LogP contribution in [0.3, 0.4) is 0 Å². The molecule has 1 aliphatic heterocycles. The lowest BCUT2D eigenvalue weighted by molar-refractivity contribution is -0.111. The molecule has 0 spiro atoms. The number of hydrogen-bond donors (Lipinski definition) is 1. The minimum absolute atomic E-state index is 0.171. The number of thiophene rings is 1. The van der Waals surface area contributed by atoms with Crippen molar-refractivity contribution in [3.63, 3.8) is 0 Å². The Bertz CT molecular complexity index is 635. The Hall–Kier alpha value is -2.27. The van der Waals surface area contributed by atoms with Crippen LogP contribution in [0.2, 0.25) is 0 Å². The summed E-state index contributed by atoms with van der Waals surface area (Å²) in [6.07, 6.45) is 3.31. The molecule has 0 unspecified atom stereocenters. The van der Waals surface area contributed by atoms with Crippen LogP contribution in [0.5, 0.6) is 11.5 Å². The Morgan fingerprint density at radius 2 is 2.05 bits per heavy atom. The fourth-order valence-electron chi connectivity index (χ4n) is 1.85. The Morgan fingerprint density at radius 1 is 1.20 bits per heavy atom. The van der Waals surface area contributed by atoms with Crippen LogP contribution >= 0.6 is 11.3 Å². The van der Waals surface area contributed by atoms with Crippen LogP contribution in [0.4, 0.5) is 5.69 Å². The van der Waals surface area contributed by atoms with Gasteiger partial charge in [-0.3, -0.25) is 4.79 Å². The van der Waals surface area contributed by atoms with Crippen LogP contribution in [-0.2, 0) is 4.79 Å². The number of carbonyl (C=O) groups is 1. The molecule has 0 saturated carbocycles. The van der Waals surface area contributed by atoms with E-state index in [-0.39, 0.29) is 5.91 Å². The third-order valence-electron chi connectivity index (χ3n) is 2.75. The van der Waals surface area contributed by atoms with Crippen LogP contribution in [0.15, 0.2) is 41.8 Å². The molecule has 5 heteroatoms. The highest BCUT2D eigenvalue weighted by molar-refractivity contribution is 7.10. The minimum Gasteiger partial charge on any atom is -0.486 e. The molecule has 2 aromatic rings. The van der Waals surface area contributed by atoms with Crippen molar-refractivity contribution in [1.29, 1.82) is 0 Å². The second-order valence-electron chi connectivity index (χ2n) is 4.20. The van der Waals surface area contributed by atoms with Gasteiger partial charge in [0.1, 0.15) is 13.2 Å². The summed E-state index contributed by atoms with van der Waals surface area (Å²) in [6.45, 7) is 1.09. The molecule has 3 rings (SSSR count). The fraction of sp³-hybridized carbons (Fsp3) is 0.133. The van der Waals surface area contributed by atoms with E-state index in [2.05, 4.69) is 5.32 Å². The maximum absolute atomic E-state index is 11.8. The van der Waals surface area contributed by atoms with Gasteiger partial charge in [-0.2, -0.15) is 0 Å². The van der Waals surface area contributed by atoms with Crippen molar-refractivity contribution < 1.29 is 14.3 Å². The van der Waals surface area contributed by atoms with Gasteiger partial charge in [0.2, 0.25) is 5.91 Å². The van der Waals surface area contributed by atoms with E-state index in [1.54, 1.807) is 35.6 Å². The Labute approximate surface area is 120 Å². The van der Waals surface area contributed by atoms with E-state index < -0.39 is 0 Å². The van der Waals surface area contributed by atoms with E-state index in [1.807, 2.05) is 17.5 Å². The molecule has 0 aliphatic carbocycles. The highest BCUT2D eigenvalue weighted by Crippen LogP contribution is 2.32. The number of hydrogen-bond acceptors (Lipinski definition) is 4. The molecule has 2 heterocycles. The van der Waals surface area contributed by atoms with Crippen molar-refractivity contribution in [3.8, 4) is 11.5 Å². The first kappa shape index (κ1) is 12.7. The average molecular weight is 287 g/mol. The Kier molecular flexibility index (Phi) is 3.69. The summed E-state index contributed by atoms with van der Waals surface area (Å²) in [6, 6.07) is 9.27. The Morgan fingerprint density at radius 3 is 2.85 bits per heavy atom. The van der Waals surface area contributed by atoms with Crippen molar-refractivity contribution >= 4 is 29.0 Å². The standard InChI is InChI=1S/C15H13NO3S/c17-15(6-4-12-2-1-9-20-12)16-11-3-5-13-14(10-11)19-8-7-18-13/h1-6,9-10H,7-8H2,(H,16,17). The number of carbonyl (C=O) groups excluding carboxylic acids is 1. The van der Waals surface area contributed by atoms with Crippen LogP contribution in [0.25, 0.3) is 6.08 Å². The van der Waals surface area contributed by atoms with Gasteiger partial charge >= 0.3 is 0 Å². The number of ether oxygens (including phenoxy) is 2. The summed E-state index contributed by atoms with van der Waals surface area (Å²) in [5, 5.41) is 4.77. The summed E-state index contributed by atoms with van der Waals surface area (Å²) in [4.78, 5) is 12.9. The summed E-state index contributed by atoms with van der Waals surface area (Å²) in [5.74, 6) is 1.20. The molecule has 4 nitrogen and oxygen atoms in total. The molecular weight excluding hydrogens is 274 g/mol. The van der Waals surface area contributed by atoms with Gasteiger partial charge in [-0.05, 0) is 29.7 Å². The monoisotopic (exact) mass is 287 g/mol. The molecule has 0 radical (unpaired) electrons. The highest BCUT2D eigenvalue weighted by Gasteiger charge is 2.12. The second kappa shape index (κ2) is 5.79. The lowest BCUT2D eigenvalue weighted by Crippen LogP contribution is -2.16. The van der Waals surface area contributed by atoms with E-state index >= 15 is 0 Å². The highest BCUT2D eigenvalue weighted by atomic mass is 32.1. The smallest absolute Gasteiger partial charge is 0.248 e.